The van der Waals surface area contributed by atoms with Crippen molar-refractivity contribution in [1.82, 2.24) is 0 Å². The standard InChI is InChI=1S/C30H33F3O6/c1-4-15-6-5-7-17(25(15)32)26-38-24-12-18-19-11-21(31)20-10-16(35)8-9-27(20,2)29(19,33)22(36)13-28(18,3)30(24,39-26)23(37)14-34/h5-10,18-19,21-22,24,26,34,36H,4,11-14H2,1-3H3/t18-,19-,21-,22-,24+,26+,27?,28?,29-,30+/m0/s1. The van der Waals surface area contributed by atoms with E-state index in [9.17, 15) is 19.8 Å². The molecule has 2 unspecified atom stereocenters. The minimum Gasteiger partial charge on any atom is -0.390 e. The lowest BCUT2D eigenvalue weighted by atomic mass is 9.44. The van der Waals surface area contributed by atoms with E-state index in [2.05, 4.69) is 0 Å². The third-order valence-electron chi connectivity index (χ3n) is 10.7. The molecule has 210 valence electrons. The summed E-state index contributed by atoms with van der Waals surface area (Å²) < 4.78 is 60.9. The maximum atomic E-state index is 17.4. The SMILES string of the molecule is CCc1cccc([C@@H]2O[C@@H]3C[C@H]4[C@@H]5C[C@H](F)C6=CC(=O)C=CC6(C)[C@@]5(F)[C@@H](O)CC4(C)[C@]3(C(=O)CO)O2)c1F. The Bertz CT molecular complexity index is 1310. The van der Waals surface area contributed by atoms with Crippen molar-refractivity contribution in [3.63, 3.8) is 0 Å². The molecule has 1 aromatic carbocycles. The van der Waals surface area contributed by atoms with E-state index < -0.39 is 82.6 Å². The molecule has 1 aliphatic heterocycles. The Labute approximate surface area is 224 Å². The number of aryl methyl sites for hydroxylation is 1. The van der Waals surface area contributed by atoms with Gasteiger partial charge in [-0.15, -0.1) is 0 Å². The second kappa shape index (κ2) is 8.59. The van der Waals surface area contributed by atoms with Gasteiger partial charge in [0.1, 0.15) is 18.6 Å². The Balaban J connectivity index is 1.45. The van der Waals surface area contributed by atoms with Crippen LogP contribution in [0.15, 0.2) is 42.0 Å². The molecule has 1 saturated heterocycles. The van der Waals surface area contributed by atoms with Gasteiger partial charge in [-0.1, -0.05) is 38.1 Å². The van der Waals surface area contributed by atoms with Crippen LogP contribution in [0.25, 0.3) is 0 Å². The fraction of sp³-hybridized carbons (Fsp3) is 0.600. The van der Waals surface area contributed by atoms with Crippen LogP contribution in [-0.4, -0.2) is 58.0 Å². The molecule has 0 aromatic heterocycles. The third-order valence-corrected chi connectivity index (χ3v) is 10.7. The number of alkyl halides is 2. The molecule has 0 radical (unpaired) electrons. The maximum absolute atomic E-state index is 17.4. The van der Waals surface area contributed by atoms with Gasteiger partial charge < -0.3 is 19.7 Å². The van der Waals surface area contributed by atoms with E-state index in [-0.39, 0.29) is 30.4 Å². The Morgan fingerprint density at radius 2 is 1.95 bits per heavy atom. The van der Waals surface area contributed by atoms with Gasteiger partial charge in [0.2, 0.25) is 0 Å². The number of halogens is 3. The molecule has 2 N–H and O–H groups in total. The topological polar surface area (TPSA) is 93.1 Å². The number of carbonyl (C=O) groups excluding carboxylic acids is 2. The molecule has 4 aliphatic carbocycles. The molecule has 6 rings (SSSR count). The molecule has 9 heteroatoms. The minimum atomic E-state index is -2.33. The van der Waals surface area contributed by atoms with E-state index in [0.717, 1.165) is 6.08 Å². The molecule has 6 nitrogen and oxygen atoms in total. The average molecular weight is 547 g/mol. The number of hydrogen-bond acceptors (Lipinski definition) is 6. The first-order valence-electron chi connectivity index (χ1n) is 13.6. The van der Waals surface area contributed by atoms with Gasteiger partial charge in [0, 0.05) is 22.3 Å². The van der Waals surface area contributed by atoms with Crippen molar-refractivity contribution in [3.05, 3.63) is 58.9 Å². The monoisotopic (exact) mass is 546 g/mol. The predicted octanol–water partition coefficient (Wildman–Crippen LogP) is 4.03. The summed E-state index contributed by atoms with van der Waals surface area (Å²) in [5, 5.41) is 21.6. The molecule has 39 heavy (non-hydrogen) atoms. The van der Waals surface area contributed by atoms with Crippen LogP contribution in [-0.2, 0) is 25.5 Å². The largest absolute Gasteiger partial charge is 0.390 e. The Morgan fingerprint density at radius 1 is 1.21 bits per heavy atom. The molecule has 0 spiro atoms. The molecule has 3 saturated carbocycles. The van der Waals surface area contributed by atoms with Gasteiger partial charge in [-0.3, -0.25) is 9.59 Å². The zero-order valence-electron chi connectivity index (χ0n) is 22.1. The van der Waals surface area contributed by atoms with E-state index in [1.807, 2.05) is 6.92 Å². The van der Waals surface area contributed by atoms with Crippen molar-refractivity contribution < 1.29 is 42.4 Å². The molecule has 1 aromatic rings. The highest BCUT2D eigenvalue weighted by Gasteiger charge is 2.80. The highest BCUT2D eigenvalue weighted by Crippen LogP contribution is 2.72. The fourth-order valence-electron chi connectivity index (χ4n) is 8.76. The summed E-state index contributed by atoms with van der Waals surface area (Å²) in [5.74, 6) is -3.35. The van der Waals surface area contributed by atoms with Gasteiger partial charge in [-0.2, -0.15) is 0 Å². The lowest BCUT2D eigenvalue weighted by Gasteiger charge is -2.63. The summed E-state index contributed by atoms with van der Waals surface area (Å²) >= 11 is 0. The summed E-state index contributed by atoms with van der Waals surface area (Å²) in [7, 11) is 0. The van der Waals surface area contributed by atoms with E-state index in [4.69, 9.17) is 9.47 Å². The number of benzene rings is 1. The lowest BCUT2D eigenvalue weighted by molar-refractivity contribution is -0.235. The van der Waals surface area contributed by atoms with E-state index in [1.54, 1.807) is 19.1 Å². The van der Waals surface area contributed by atoms with Crippen molar-refractivity contribution in [2.45, 2.75) is 82.4 Å². The number of allylic oxidation sites excluding steroid dienone is 4. The summed E-state index contributed by atoms with van der Waals surface area (Å²) in [4.78, 5) is 25.6. The molecule has 4 fully saturated rings. The van der Waals surface area contributed by atoms with Gasteiger partial charge in [0.25, 0.3) is 0 Å². The van der Waals surface area contributed by atoms with E-state index >= 15 is 13.2 Å². The van der Waals surface area contributed by atoms with Gasteiger partial charge >= 0.3 is 0 Å². The molecule has 0 bridgehead atoms. The Kier molecular flexibility index (Phi) is 5.91. The molecule has 0 amide bonds. The van der Waals surface area contributed by atoms with Crippen molar-refractivity contribution in [2.75, 3.05) is 6.61 Å². The number of aliphatic hydroxyl groups is 2. The summed E-state index contributed by atoms with van der Waals surface area (Å²) in [6, 6.07) is 4.83. The normalized spacial score (nSPS) is 46.3. The van der Waals surface area contributed by atoms with Crippen LogP contribution in [0.5, 0.6) is 0 Å². The molecular formula is C30H33F3O6. The number of Topliss-reactive ketones (excluding diaryl/α,β-unsaturated/α-hetero) is 1. The first-order valence-corrected chi connectivity index (χ1v) is 13.6. The lowest BCUT2D eigenvalue weighted by Crippen LogP contribution is -2.70. The second-order valence-corrected chi connectivity index (χ2v) is 12.2. The quantitative estimate of drug-likeness (QED) is 0.593. The van der Waals surface area contributed by atoms with Gasteiger partial charge in [0.15, 0.2) is 29.1 Å². The van der Waals surface area contributed by atoms with Crippen molar-refractivity contribution in [2.24, 2.45) is 22.7 Å². The number of carbonyl (C=O) groups is 2. The first kappa shape index (κ1) is 26.9. The van der Waals surface area contributed by atoms with Crippen LogP contribution in [0.1, 0.15) is 57.5 Å². The average Bonchev–Trinajstić information content (AvgIpc) is 3.40. The van der Waals surface area contributed by atoms with Crippen molar-refractivity contribution >= 4 is 11.6 Å². The second-order valence-electron chi connectivity index (χ2n) is 12.2. The molecular weight excluding hydrogens is 513 g/mol. The van der Waals surface area contributed by atoms with Crippen LogP contribution >= 0.6 is 0 Å². The zero-order valence-corrected chi connectivity index (χ0v) is 22.1. The van der Waals surface area contributed by atoms with Gasteiger partial charge in [0.05, 0.1) is 12.2 Å². The molecule has 5 aliphatic rings. The zero-order chi connectivity index (χ0) is 28.1. The minimum absolute atomic E-state index is 0.00888. The number of ether oxygens (including phenoxy) is 2. The predicted molar refractivity (Wildman–Crippen MR) is 133 cm³/mol. The van der Waals surface area contributed by atoms with Crippen molar-refractivity contribution in [1.29, 1.82) is 0 Å². The van der Waals surface area contributed by atoms with Crippen LogP contribution < -0.4 is 0 Å². The van der Waals surface area contributed by atoms with Crippen LogP contribution in [0, 0.1) is 28.5 Å². The summed E-state index contributed by atoms with van der Waals surface area (Å²) in [6.45, 7) is 4.11. The van der Waals surface area contributed by atoms with E-state index in [1.165, 1.54) is 25.1 Å². The summed E-state index contributed by atoms with van der Waals surface area (Å²) in [5.41, 5.74) is -6.37. The first-order chi connectivity index (χ1) is 18.4. The van der Waals surface area contributed by atoms with E-state index in [0.29, 0.717) is 12.0 Å². The highest BCUT2D eigenvalue weighted by molar-refractivity contribution is 6.01. The maximum Gasteiger partial charge on any atom is 0.193 e. The summed E-state index contributed by atoms with van der Waals surface area (Å²) in [6.07, 6.45) is -1.80. The molecule has 10 atom stereocenters. The fourth-order valence-corrected chi connectivity index (χ4v) is 8.76. The highest BCUT2D eigenvalue weighted by atomic mass is 19.1. The van der Waals surface area contributed by atoms with Crippen LogP contribution in [0.4, 0.5) is 13.2 Å². The smallest absolute Gasteiger partial charge is 0.193 e. The molecule has 1 heterocycles. The number of ketones is 2. The number of rotatable bonds is 4. The van der Waals surface area contributed by atoms with Gasteiger partial charge in [-0.05, 0) is 61.8 Å². The number of hydrogen-bond donors (Lipinski definition) is 2. The van der Waals surface area contributed by atoms with Crippen LogP contribution in [0.3, 0.4) is 0 Å². The third kappa shape index (κ3) is 3.13. The van der Waals surface area contributed by atoms with Crippen molar-refractivity contribution in [3.8, 4) is 0 Å². The Morgan fingerprint density at radius 3 is 2.64 bits per heavy atom. The number of fused-ring (bicyclic) bond motifs is 7. The number of aliphatic hydroxyl groups excluding tert-OH is 2. The van der Waals surface area contributed by atoms with Crippen LogP contribution in [0.2, 0.25) is 0 Å². The Hall–Kier alpha value is -2.33. The van der Waals surface area contributed by atoms with Gasteiger partial charge in [-0.25, -0.2) is 13.2 Å².